The van der Waals surface area contributed by atoms with Crippen molar-refractivity contribution < 1.29 is 4.79 Å². The molecule has 0 aliphatic carbocycles. The van der Waals surface area contributed by atoms with Gasteiger partial charge in [-0.15, -0.1) is 0 Å². The minimum atomic E-state index is -0.434. The number of hydrogen-bond acceptors (Lipinski definition) is 3. The molecule has 5 heteroatoms. The van der Waals surface area contributed by atoms with Crippen molar-refractivity contribution in [2.45, 2.75) is 13.8 Å². The lowest BCUT2D eigenvalue weighted by Gasteiger charge is -2.10. The standard InChI is InChI=1S/C17H15N3O2/c1-10-6-5-9-13(11(10)2)19-17(22)15-18-14-8-4-3-7-12(14)16(21)20-15/h3-9H,1-2H3,(H,19,22)(H,18,20,21). The van der Waals surface area contributed by atoms with Crippen LogP contribution in [-0.2, 0) is 0 Å². The van der Waals surface area contributed by atoms with Crippen LogP contribution in [0.3, 0.4) is 0 Å². The Bertz CT molecular complexity index is 929. The van der Waals surface area contributed by atoms with Gasteiger partial charge in [0.1, 0.15) is 0 Å². The third-order valence-corrected chi connectivity index (χ3v) is 3.68. The van der Waals surface area contributed by atoms with Gasteiger partial charge in [-0.2, -0.15) is 0 Å². The minimum Gasteiger partial charge on any atom is -0.319 e. The number of hydrogen-bond donors (Lipinski definition) is 2. The molecule has 0 unspecified atom stereocenters. The Morgan fingerprint density at radius 3 is 2.68 bits per heavy atom. The van der Waals surface area contributed by atoms with Crippen molar-refractivity contribution in [2.24, 2.45) is 0 Å². The van der Waals surface area contributed by atoms with Crippen molar-refractivity contribution in [1.29, 1.82) is 0 Å². The molecule has 1 amide bonds. The maximum absolute atomic E-state index is 12.3. The van der Waals surface area contributed by atoms with Gasteiger partial charge in [0, 0.05) is 5.69 Å². The van der Waals surface area contributed by atoms with E-state index in [0.717, 1.165) is 11.1 Å². The average molecular weight is 293 g/mol. The molecule has 0 aliphatic heterocycles. The van der Waals surface area contributed by atoms with Crippen LogP contribution >= 0.6 is 0 Å². The molecule has 2 N–H and O–H groups in total. The topological polar surface area (TPSA) is 74.8 Å². The van der Waals surface area contributed by atoms with Gasteiger partial charge >= 0.3 is 0 Å². The third-order valence-electron chi connectivity index (χ3n) is 3.68. The Kier molecular flexibility index (Phi) is 3.47. The fraction of sp³-hybridized carbons (Fsp3) is 0.118. The van der Waals surface area contributed by atoms with Gasteiger partial charge in [-0.25, -0.2) is 4.98 Å². The van der Waals surface area contributed by atoms with E-state index in [1.807, 2.05) is 32.0 Å². The Morgan fingerprint density at radius 2 is 1.86 bits per heavy atom. The highest BCUT2D eigenvalue weighted by atomic mass is 16.2. The zero-order valence-electron chi connectivity index (χ0n) is 12.3. The number of carbonyl (C=O) groups excluding carboxylic acids is 1. The first kappa shape index (κ1) is 14.0. The molecule has 0 bridgehead atoms. The van der Waals surface area contributed by atoms with Crippen molar-refractivity contribution in [3.8, 4) is 0 Å². The molecule has 0 radical (unpaired) electrons. The lowest BCUT2D eigenvalue weighted by molar-refractivity contribution is 0.101. The highest BCUT2D eigenvalue weighted by Crippen LogP contribution is 2.18. The Labute approximate surface area is 127 Å². The average Bonchev–Trinajstić information content (AvgIpc) is 2.52. The normalized spacial score (nSPS) is 10.6. The van der Waals surface area contributed by atoms with Gasteiger partial charge in [0.15, 0.2) is 5.82 Å². The van der Waals surface area contributed by atoms with E-state index in [2.05, 4.69) is 15.3 Å². The van der Waals surface area contributed by atoms with E-state index in [1.165, 1.54) is 0 Å². The highest BCUT2D eigenvalue weighted by molar-refractivity contribution is 6.02. The number of aromatic nitrogens is 2. The Hall–Kier alpha value is -2.95. The number of nitrogens with zero attached hydrogens (tertiary/aromatic N) is 1. The van der Waals surface area contributed by atoms with Crippen LogP contribution < -0.4 is 10.9 Å². The van der Waals surface area contributed by atoms with Gasteiger partial charge in [-0.3, -0.25) is 9.59 Å². The van der Waals surface area contributed by atoms with Crippen molar-refractivity contribution in [1.82, 2.24) is 9.97 Å². The molecule has 1 heterocycles. The summed E-state index contributed by atoms with van der Waals surface area (Å²) in [6, 6.07) is 12.6. The number of amides is 1. The minimum absolute atomic E-state index is 0.00426. The summed E-state index contributed by atoms with van der Waals surface area (Å²) in [6.45, 7) is 3.91. The lowest BCUT2D eigenvalue weighted by Crippen LogP contribution is -2.21. The molecule has 1 aromatic heterocycles. The molecule has 0 atom stereocenters. The fourth-order valence-electron chi connectivity index (χ4n) is 2.26. The molecule has 3 aromatic rings. The zero-order valence-corrected chi connectivity index (χ0v) is 12.3. The summed E-state index contributed by atoms with van der Waals surface area (Å²) >= 11 is 0. The molecular formula is C17H15N3O2. The molecule has 5 nitrogen and oxygen atoms in total. The van der Waals surface area contributed by atoms with Crippen LogP contribution in [0.5, 0.6) is 0 Å². The summed E-state index contributed by atoms with van der Waals surface area (Å²) in [6.07, 6.45) is 0. The monoisotopic (exact) mass is 293 g/mol. The summed E-state index contributed by atoms with van der Waals surface area (Å²) in [5.41, 5.74) is 2.95. The van der Waals surface area contributed by atoms with Crippen LogP contribution in [0.15, 0.2) is 47.3 Å². The summed E-state index contributed by atoms with van der Waals surface area (Å²) in [5, 5.41) is 3.25. The van der Waals surface area contributed by atoms with E-state index in [1.54, 1.807) is 24.3 Å². The number of aryl methyl sites for hydroxylation is 1. The predicted octanol–water partition coefficient (Wildman–Crippen LogP) is 2.79. The SMILES string of the molecule is Cc1cccc(NC(=O)c2nc3ccccc3c(=O)[nH]2)c1C. The summed E-state index contributed by atoms with van der Waals surface area (Å²) < 4.78 is 0. The van der Waals surface area contributed by atoms with E-state index in [0.29, 0.717) is 16.6 Å². The molecular weight excluding hydrogens is 278 g/mol. The summed E-state index contributed by atoms with van der Waals surface area (Å²) in [5.74, 6) is -0.429. The number of rotatable bonds is 2. The number of carbonyl (C=O) groups is 1. The molecule has 22 heavy (non-hydrogen) atoms. The molecule has 0 aliphatic rings. The number of benzene rings is 2. The molecule has 110 valence electrons. The Balaban J connectivity index is 1.99. The highest BCUT2D eigenvalue weighted by Gasteiger charge is 2.12. The number of fused-ring (bicyclic) bond motifs is 1. The van der Waals surface area contributed by atoms with E-state index in [4.69, 9.17) is 0 Å². The molecule has 2 aromatic carbocycles. The zero-order chi connectivity index (χ0) is 15.7. The molecule has 0 fully saturated rings. The van der Waals surface area contributed by atoms with Crippen LogP contribution in [0.1, 0.15) is 21.7 Å². The van der Waals surface area contributed by atoms with Gasteiger partial charge in [0.05, 0.1) is 10.9 Å². The van der Waals surface area contributed by atoms with Crippen molar-refractivity contribution in [3.63, 3.8) is 0 Å². The number of para-hydroxylation sites is 1. The van der Waals surface area contributed by atoms with Crippen LogP contribution in [0.2, 0.25) is 0 Å². The smallest absolute Gasteiger partial charge is 0.291 e. The first-order valence-corrected chi connectivity index (χ1v) is 6.93. The Morgan fingerprint density at radius 1 is 1.09 bits per heavy atom. The second kappa shape index (κ2) is 5.44. The van der Waals surface area contributed by atoms with Crippen molar-refractivity contribution in [3.05, 3.63) is 69.8 Å². The van der Waals surface area contributed by atoms with E-state index >= 15 is 0 Å². The largest absolute Gasteiger partial charge is 0.319 e. The van der Waals surface area contributed by atoms with E-state index < -0.39 is 5.91 Å². The first-order valence-electron chi connectivity index (χ1n) is 6.93. The van der Waals surface area contributed by atoms with Crippen LogP contribution in [0, 0.1) is 13.8 Å². The van der Waals surface area contributed by atoms with Crippen molar-refractivity contribution in [2.75, 3.05) is 5.32 Å². The molecule has 3 rings (SSSR count). The molecule has 0 spiro atoms. The number of nitrogens with one attached hydrogen (secondary N) is 2. The maximum atomic E-state index is 12.3. The van der Waals surface area contributed by atoms with Gasteiger partial charge in [-0.05, 0) is 43.2 Å². The summed E-state index contributed by atoms with van der Waals surface area (Å²) in [7, 11) is 0. The maximum Gasteiger partial charge on any atom is 0.291 e. The number of anilines is 1. The van der Waals surface area contributed by atoms with Gasteiger partial charge < -0.3 is 10.3 Å². The van der Waals surface area contributed by atoms with Crippen LogP contribution in [0.25, 0.3) is 10.9 Å². The quantitative estimate of drug-likeness (QED) is 0.763. The van der Waals surface area contributed by atoms with Crippen LogP contribution in [-0.4, -0.2) is 15.9 Å². The van der Waals surface area contributed by atoms with Gasteiger partial charge in [-0.1, -0.05) is 24.3 Å². The van der Waals surface area contributed by atoms with Crippen molar-refractivity contribution >= 4 is 22.5 Å². The number of H-pyrrole nitrogens is 1. The summed E-state index contributed by atoms with van der Waals surface area (Å²) in [4.78, 5) is 31.1. The second-order valence-electron chi connectivity index (χ2n) is 5.13. The van der Waals surface area contributed by atoms with Gasteiger partial charge in [0.2, 0.25) is 0 Å². The molecule has 0 saturated heterocycles. The first-order chi connectivity index (χ1) is 10.6. The van der Waals surface area contributed by atoms with E-state index in [9.17, 15) is 9.59 Å². The van der Waals surface area contributed by atoms with E-state index in [-0.39, 0.29) is 11.4 Å². The fourth-order valence-corrected chi connectivity index (χ4v) is 2.26. The van der Waals surface area contributed by atoms with Crippen LogP contribution in [0.4, 0.5) is 5.69 Å². The van der Waals surface area contributed by atoms with Gasteiger partial charge in [0.25, 0.3) is 11.5 Å². The predicted molar refractivity (Wildman–Crippen MR) is 86.2 cm³/mol. The second-order valence-corrected chi connectivity index (χ2v) is 5.13. The third kappa shape index (κ3) is 2.48. The lowest BCUT2D eigenvalue weighted by atomic mass is 10.1. The number of aromatic amines is 1. The molecule has 0 saturated carbocycles.